The monoisotopic (exact) mass is 416 g/mol. The Balaban J connectivity index is 1.40. The Bertz CT molecular complexity index is 1230. The maximum absolute atomic E-state index is 12.3. The Kier molecular flexibility index (Phi) is 5.82. The second kappa shape index (κ2) is 8.84. The largest absolute Gasteiger partial charge is 0.352 e. The molecular formula is C24H21ClN4O. The molecule has 0 saturated heterocycles. The van der Waals surface area contributed by atoms with Crippen molar-refractivity contribution < 1.29 is 4.79 Å². The van der Waals surface area contributed by atoms with Crippen LogP contribution in [0.3, 0.4) is 0 Å². The van der Waals surface area contributed by atoms with Crippen molar-refractivity contribution in [3.05, 3.63) is 95.0 Å². The van der Waals surface area contributed by atoms with Crippen LogP contribution in [0.5, 0.6) is 0 Å². The van der Waals surface area contributed by atoms with E-state index in [0.717, 1.165) is 33.8 Å². The van der Waals surface area contributed by atoms with E-state index in [1.54, 1.807) is 12.1 Å². The minimum Gasteiger partial charge on any atom is -0.352 e. The number of hydrogen-bond donors (Lipinski definition) is 2. The first-order chi connectivity index (χ1) is 14.6. The fourth-order valence-electron chi connectivity index (χ4n) is 3.20. The van der Waals surface area contributed by atoms with Crippen LogP contribution >= 0.6 is 11.6 Å². The van der Waals surface area contributed by atoms with E-state index in [9.17, 15) is 4.79 Å². The molecule has 0 fully saturated rings. The summed E-state index contributed by atoms with van der Waals surface area (Å²) in [6, 6.07) is 23.1. The summed E-state index contributed by atoms with van der Waals surface area (Å²) in [5.74, 6) is 0.587. The van der Waals surface area contributed by atoms with Gasteiger partial charge in [-0.15, -0.1) is 0 Å². The van der Waals surface area contributed by atoms with Gasteiger partial charge in [-0.05, 0) is 47.5 Å². The molecule has 4 aromatic rings. The van der Waals surface area contributed by atoms with Crippen LogP contribution in [-0.4, -0.2) is 15.5 Å². The number of para-hydroxylation sites is 2. The lowest BCUT2D eigenvalue weighted by Gasteiger charge is -2.08. The third-order valence-electron chi connectivity index (χ3n) is 4.75. The summed E-state index contributed by atoms with van der Waals surface area (Å²) in [5, 5.41) is 6.86. The van der Waals surface area contributed by atoms with Gasteiger partial charge in [-0.25, -0.2) is 4.98 Å². The number of carbonyl (C=O) groups is 1. The molecule has 1 aromatic heterocycles. The van der Waals surface area contributed by atoms with Crippen molar-refractivity contribution in [2.75, 3.05) is 10.6 Å². The quantitative estimate of drug-likeness (QED) is 0.408. The number of benzene rings is 3. The molecule has 30 heavy (non-hydrogen) atoms. The number of anilines is 2. The Hall–Kier alpha value is -3.57. The van der Waals surface area contributed by atoms with Gasteiger partial charge in [0.15, 0.2) is 0 Å². The maximum atomic E-state index is 12.3. The SMILES string of the molecule is Cn1c(NCc2cccc(NC(=O)C=Cc3ccccc3Cl)c2)nc2ccccc21. The molecule has 0 aliphatic rings. The number of aromatic nitrogens is 2. The summed E-state index contributed by atoms with van der Waals surface area (Å²) in [5.41, 5.74) is 4.60. The van der Waals surface area contributed by atoms with E-state index < -0.39 is 0 Å². The number of imidazole rings is 1. The molecule has 0 atom stereocenters. The normalized spacial score (nSPS) is 11.1. The number of fused-ring (bicyclic) bond motifs is 1. The summed E-state index contributed by atoms with van der Waals surface area (Å²) in [7, 11) is 1.99. The van der Waals surface area contributed by atoms with Crippen molar-refractivity contribution in [3.8, 4) is 0 Å². The minimum atomic E-state index is -0.213. The number of aryl methyl sites for hydroxylation is 1. The smallest absolute Gasteiger partial charge is 0.248 e. The third kappa shape index (κ3) is 4.53. The molecule has 0 unspecified atom stereocenters. The van der Waals surface area contributed by atoms with E-state index in [0.29, 0.717) is 11.6 Å². The fraction of sp³-hybridized carbons (Fsp3) is 0.0833. The van der Waals surface area contributed by atoms with E-state index in [1.807, 2.05) is 78.3 Å². The summed E-state index contributed by atoms with van der Waals surface area (Å²) in [6.45, 7) is 0.594. The zero-order valence-corrected chi connectivity index (χ0v) is 17.2. The van der Waals surface area contributed by atoms with Crippen molar-refractivity contribution >= 4 is 46.3 Å². The van der Waals surface area contributed by atoms with Crippen molar-refractivity contribution in [2.24, 2.45) is 7.05 Å². The highest BCUT2D eigenvalue weighted by Gasteiger charge is 2.07. The summed E-state index contributed by atoms with van der Waals surface area (Å²) >= 11 is 6.11. The minimum absolute atomic E-state index is 0.213. The first-order valence-electron chi connectivity index (χ1n) is 9.58. The van der Waals surface area contributed by atoms with Gasteiger partial charge in [0, 0.05) is 30.4 Å². The topological polar surface area (TPSA) is 59.0 Å². The highest BCUT2D eigenvalue weighted by molar-refractivity contribution is 6.32. The van der Waals surface area contributed by atoms with Crippen molar-refractivity contribution in [1.29, 1.82) is 0 Å². The maximum Gasteiger partial charge on any atom is 0.248 e. The molecule has 0 spiro atoms. The van der Waals surface area contributed by atoms with Crippen LogP contribution in [0.4, 0.5) is 11.6 Å². The van der Waals surface area contributed by atoms with Gasteiger partial charge >= 0.3 is 0 Å². The van der Waals surface area contributed by atoms with Gasteiger partial charge in [-0.2, -0.15) is 0 Å². The third-order valence-corrected chi connectivity index (χ3v) is 5.10. The van der Waals surface area contributed by atoms with E-state index in [4.69, 9.17) is 11.6 Å². The molecule has 0 radical (unpaired) electrons. The molecule has 150 valence electrons. The zero-order valence-electron chi connectivity index (χ0n) is 16.5. The number of carbonyl (C=O) groups excluding carboxylic acids is 1. The van der Waals surface area contributed by atoms with Gasteiger partial charge in [0.1, 0.15) is 0 Å². The zero-order chi connectivity index (χ0) is 20.9. The van der Waals surface area contributed by atoms with Crippen LogP contribution in [0.25, 0.3) is 17.1 Å². The number of rotatable bonds is 6. The lowest BCUT2D eigenvalue weighted by Crippen LogP contribution is -2.09. The molecule has 2 N–H and O–H groups in total. The number of nitrogens with zero attached hydrogens (tertiary/aromatic N) is 2. The molecule has 3 aromatic carbocycles. The van der Waals surface area contributed by atoms with Gasteiger partial charge in [0.05, 0.1) is 11.0 Å². The Labute approximate surface area is 180 Å². The Morgan fingerprint density at radius 2 is 1.87 bits per heavy atom. The van der Waals surface area contributed by atoms with Crippen molar-refractivity contribution in [3.63, 3.8) is 0 Å². The lowest BCUT2D eigenvalue weighted by molar-refractivity contribution is -0.111. The summed E-state index contributed by atoms with van der Waals surface area (Å²) < 4.78 is 2.03. The van der Waals surface area contributed by atoms with Crippen LogP contribution in [0.2, 0.25) is 5.02 Å². The highest BCUT2D eigenvalue weighted by atomic mass is 35.5. The fourth-order valence-corrected chi connectivity index (χ4v) is 3.40. The van der Waals surface area contributed by atoms with Gasteiger partial charge in [0.25, 0.3) is 0 Å². The van der Waals surface area contributed by atoms with Crippen molar-refractivity contribution in [1.82, 2.24) is 9.55 Å². The molecule has 4 rings (SSSR count). The standard InChI is InChI=1S/C24H21ClN4O/c1-29-22-12-5-4-11-21(22)28-24(29)26-16-17-7-6-9-19(15-17)27-23(30)14-13-18-8-2-3-10-20(18)25/h2-15H,16H2,1H3,(H,26,28)(H,27,30). The number of hydrogen-bond acceptors (Lipinski definition) is 3. The van der Waals surface area contributed by atoms with Crippen LogP contribution in [-0.2, 0) is 18.4 Å². The molecular weight excluding hydrogens is 396 g/mol. The van der Waals surface area contributed by atoms with Gasteiger partial charge in [-0.1, -0.05) is 54.1 Å². The van der Waals surface area contributed by atoms with Gasteiger partial charge < -0.3 is 15.2 Å². The number of amides is 1. The molecule has 5 nitrogen and oxygen atoms in total. The van der Waals surface area contributed by atoms with Gasteiger partial charge in [0.2, 0.25) is 11.9 Å². The van der Waals surface area contributed by atoms with Crippen molar-refractivity contribution in [2.45, 2.75) is 6.54 Å². The average molecular weight is 417 g/mol. The molecule has 0 saturated carbocycles. The second-order valence-electron chi connectivity index (χ2n) is 6.88. The predicted octanol–water partition coefficient (Wildman–Crippen LogP) is 5.49. The summed E-state index contributed by atoms with van der Waals surface area (Å²) in [6.07, 6.45) is 3.18. The molecule has 0 aliphatic heterocycles. The number of halogens is 1. The predicted molar refractivity (Wildman–Crippen MR) is 124 cm³/mol. The van der Waals surface area contributed by atoms with Crippen LogP contribution in [0.15, 0.2) is 78.9 Å². The number of nitrogens with one attached hydrogen (secondary N) is 2. The molecule has 6 heteroatoms. The first kappa shape index (κ1) is 19.7. The van der Waals surface area contributed by atoms with E-state index in [2.05, 4.69) is 15.6 Å². The highest BCUT2D eigenvalue weighted by Crippen LogP contribution is 2.19. The van der Waals surface area contributed by atoms with E-state index >= 15 is 0 Å². The molecule has 0 bridgehead atoms. The first-order valence-corrected chi connectivity index (χ1v) is 9.96. The Morgan fingerprint density at radius 1 is 1.07 bits per heavy atom. The second-order valence-corrected chi connectivity index (χ2v) is 7.29. The molecule has 0 aliphatic carbocycles. The van der Waals surface area contributed by atoms with E-state index in [-0.39, 0.29) is 5.91 Å². The van der Waals surface area contributed by atoms with E-state index in [1.165, 1.54) is 6.08 Å². The molecule has 1 heterocycles. The van der Waals surface area contributed by atoms with Crippen LogP contribution < -0.4 is 10.6 Å². The average Bonchev–Trinajstić information content (AvgIpc) is 3.08. The summed E-state index contributed by atoms with van der Waals surface area (Å²) in [4.78, 5) is 16.9. The Morgan fingerprint density at radius 3 is 2.70 bits per heavy atom. The lowest BCUT2D eigenvalue weighted by atomic mass is 10.2. The van der Waals surface area contributed by atoms with Crippen LogP contribution in [0.1, 0.15) is 11.1 Å². The molecule has 1 amide bonds. The van der Waals surface area contributed by atoms with Gasteiger partial charge in [-0.3, -0.25) is 4.79 Å². The van der Waals surface area contributed by atoms with Crippen LogP contribution in [0, 0.1) is 0 Å².